The molecule has 2 aromatic rings. The molecule has 0 aliphatic heterocycles. The molecule has 1 aromatic heterocycles. The van der Waals surface area contributed by atoms with Gasteiger partial charge in [0, 0.05) is 26.3 Å². The zero-order valence-electron chi connectivity index (χ0n) is 13.2. The summed E-state index contributed by atoms with van der Waals surface area (Å²) in [5, 5.41) is 5.88. The lowest BCUT2D eigenvalue weighted by atomic mass is 10.2. The lowest BCUT2D eigenvalue weighted by Gasteiger charge is -2.08. The Kier molecular flexibility index (Phi) is 6.31. The molecule has 0 bridgehead atoms. The fourth-order valence-corrected chi connectivity index (χ4v) is 1.87. The number of nitrogens with zero attached hydrogens (tertiary/aromatic N) is 2. The highest BCUT2D eigenvalue weighted by Gasteiger charge is 2.08. The monoisotopic (exact) mass is 316 g/mol. The molecule has 0 spiro atoms. The van der Waals surface area contributed by atoms with Crippen molar-refractivity contribution in [1.82, 2.24) is 15.3 Å². The van der Waals surface area contributed by atoms with Crippen molar-refractivity contribution in [2.45, 2.75) is 6.54 Å². The number of hydrogen-bond donors (Lipinski definition) is 2. The number of methoxy groups -OCH3 is 2. The molecule has 23 heavy (non-hydrogen) atoms. The summed E-state index contributed by atoms with van der Waals surface area (Å²) >= 11 is 0. The second-order valence-electron chi connectivity index (χ2n) is 4.74. The maximum absolute atomic E-state index is 11.9. The number of rotatable bonds is 8. The average Bonchev–Trinajstić information content (AvgIpc) is 2.61. The van der Waals surface area contributed by atoms with Crippen LogP contribution in [0.5, 0.6) is 5.75 Å². The summed E-state index contributed by atoms with van der Waals surface area (Å²) in [6.07, 6.45) is 1.36. The summed E-state index contributed by atoms with van der Waals surface area (Å²) in [7, 11) is 3.21. The molecule has 0 aliphatic rings. The Hall–Kier alpha value is -2.67. The van der Waals surface area contributed by atoms with Gasteiger partial charge in [0.15, 0.2) is 0 Å². The predicted molar refractivity (Wildman–Crippen MR) is 86.6 cm³/mol. The molecule has 1 aromatic carbocycles. The zero-order chi connectivity index (χ0) is 16.5. The van der Waals surface area contributed by atoms with Crippen molar-refractivity contribution in [3.05, 3.63) is 47.9 Å². The van der Waals surface area contributed by atoms with Crippen LogP contribution in [0.1, 0.15) is 16.1 Å². The molecule has 0 radical (unpaired) electrons. The standard InChI is InChI=1S/C16H20N4O3/c1-22-8-7-17-16(21)14-9-15(20-11-19-14)18-10-12-3-5-13(23-2)6-4-12/h3-6,9,11H,7-8,10H2,1-2H3,(H,17,21)(H,18,19,20). The van der Waals surface area contributed by atoms with E-state index in [2.05, 4.69) is 20.6 Å². The largest absolute Gasteiger partial charge is 0.497 e. The van der Waals surface area contributed by atoms with Crippen molar-refractivity contribution in [2.75, 3.05) is 32.7 Å². The van der Waals surface area contributed by atoms with Gasteiger partial charge in [-0.1, -0.05) is 12.1 Å². The quantitative estimate of drug-likeness (QED) is 0.718. The van der Waals surface area contributed by atoms with Gasteiger partial charge in [0.05, 0.1) is 13.7 Å². The Bertz CT molecular complexity index is 631. The maximum Gasteiger partial charge on any atom is 0.270 e. The minimum Gasteiger partial charge on any atom is -0.497 e. The highest BCUT2D eigenvalue weighted by Crippen LogP contribution is 2.12. The fourth-order valence-electron chi connectivity index (χ4n) is 1.87. The molecular weight excluding hydrogens is 296 g/mol. The topological polar surface area (TPSA) is 85.4 Å². The number of carbonyl (C=O) groups excluding carboxylic acids is 1. The molecule has 0 atom stereocenters. The Morgan fingerprint density at radius 1 is 1.17 bits per heavy atom. The number of aromatic nitrogens is 2. The average molecular weight is 316 g/mol. The van der Waals surface area contributed by atoms with E-state index < -0.39 is 0 Å². The van der Waals surface area contributed by atoms with Crippen molar-refractivity contribution in [2.24, 2.45) is 0 Å². The van der Waals surface area contributed by atoms with Crippen LogP contribution >= 0.6 is 0 Å². The second kappa shape index (κ2) is 8.70. The van der Waals surface area contributed by atoms with Crippen LogP contribution in [-0.2, 0) is 11.3 Å². The molecule has 7 heteroatoms. The van der Waals surface area contributed by atoms with Crippen LogP contribution < -0.4 is 15.4 Å². The molecule has 2 N–H and O–H groups in total. The Morgan fingerprint density at radius 2 is 1.96 bits per heavy atom. The Labute approximate surface area is 135 Å². The third-order valence-electron chi connectivity index (χ3n) is 3.12. The predicted octanol–water partition coefficient (Wildman–Crippen LogP) is 1.47. The second-order valence-corrected chi connectivity index (χ2v) is 4.74. The smallest absolute Gasteiger partial charge is 0.270 e. The zero-order valence-corrected chi connectivity index (χ0v) is 13.2. The van der Waals surface area contributed by atoms with E-state index in [1.165, 1.54) is 6.33 Å². The fraction of sp³-hybridized carbons (Fsp3) is 0.312. The van der Waals surface area contributed by atoms with Crippen LogP contribution in [0.25, 0.3) is 0 Å². The summed E-state index contributed by atoms with van der Waals surface area (Å²) in [6.45, 7) is 1.49. The Balaban J connectivity index is 1.92. The number of anilines is 1. The molecular formula is C16H20N4O3. The highest BCUT2D eigenvalue weighted by atomic mass is 16.5. The first-order valence-corrected chi connectivity index (χ1v) is 7.19. The van der Waals surface area contributed by atoms with Crippen molar-refractivity contribution in [3.63, 3.8) is 0 Å². The van der Waals surface area contributed by atoms with Crippen molar-refractivity contribution in [1.29, 1.82) is 0 Å². The van der Waals surface area contributed by atoms with Gasteiger partial charge in [-0.3, -0.25) is 4.79 Å². The van der Waals surface area contributed by atoms with E-state index in [9.17, 15) is 4.79 Å². The van der Waals surface area contributed by atoms with Crippen LogP contribution in [-0.4, -0.2) is 43.2 Å². The van der Waals surface area contributed by atoms with E-state index in [1.54, 1.807) is 20.3 Å². The molecule has 1 heterocycles. The molecule has 0 saturated heterocycles. The molecule has 122 valence electrons. The summed E-state index contributed by atoms with van der Waals surface area (Å²) in [5.74, 6) is 1.15. The van der Waals surface area contributed by atoms with Crippen molar-refractivity contribution >= 4 is 11.7 Å². The summed E-state index contributed by atoms with van der Waals surface area (Å²) in [6, 6.07) is 9.33. The van der Waals surface area contributed by atoms with Gasteiger partial charge in [0.25, 0.3) is 5.91 Å². The van der Waals surface area contributed by atoms with Gasteiger partial charge in [-0.2, -0.15) is 0 Å². The van der Waals surface area contributed by atoms with Gasteiger partial charge >= 0.3 is 0 Å². The van der Waals surface area contributed by atoms with Crippen LogP contribution in [0.2, 0.25) is 0 Å². The number of hydrogen-bond acceptors (Lipinski definition) is 6. The van der Waals surface area contributed by atoms with Crippen LogP contribution in [0.15, 0.2) is 36.7 Å². The van der Waals surface area contributed by atoms with Gasteiger partial charge in [-0.15, -0.1) is 0 Å². The van der Waals surface area contributed by atoms with Gasteiger partial charge in [0.1, 0.15) is 23.6 Å². The van der Waals surface area contributed by atoms with E-state index in [1.807, 2.05) is 24.3 Å². The molecule has 0 unspecified atom stereocenters. The molecule has 0 saturated carbocycles. The van der Waals surface area contributed by atoms with E-state index in [4.69, 9.17) is 9.47 Å². The SMILES string of the molecule is COCCNC(=O)c1cc(NCc2ccc(OC)cc2)ncn1. The van der Waals surface area contributed by atoms with E-state index in [-0.39, 0.29) is 5.91 Å². The first kappa shape index (κ1) is 16.7. The number of amides is 1. The first-order chi connectivity index (χ1) is 11.2. The van der Waals surface area contributed by atoms with E-state index >= 15 is 0 Å². The third kappa shape index (κ3) is 5.23. The minimum absolute atomic E-state index is 0.253. The van der Waals surface area contributed by atoms with Gasteiger partial charge in [0.2, 0.25) is 0 Å². The lowest BCUT2D eigenvalue weighted by molar-refractivity contribution is 0.0932. The number of nitrogens with one attached hydrogen (secondary N) is 2. The summed E-state index contributed by atoms with van der Waals surface area (Å²) in [5.41, 5.74) is 1.39. The minimum atomic E-state index is -0.253. The van der Waals surface area contributed by atoms with Crippen molar-refractivity contribution in [3.8, 4) is 5.75 Å². The maximum atomic E-state index is 11.9. The molecule has 0 aliphatic carbocycles. The molecule has 0 fully saturated rings. The van der Waals surface area contributed by atoms with E-state index in [0.29, 0.717) is 31.2 Å². The summed E-state index contributed by atoms with van der Waals surface area (Å²) in [4.78, 5) is 20.0. The number of benzene rings is 1. The number of ether oxygens (including phenoxy) is 2. The normalized spacial score (nSPS) is 10.2. The first-order valence-electron chi connectivity index (χ1n) is 7.19. The molecule has 2 rings (SSSR count). The van der Waals surface area contributed by atoms with Crippen LogP contribution in [0, 0.1) is 0 Å². The van der Waals surface area contributed by atoms with Gasteiger partial charge in [-0.25, -0.2) is 9.97 Å². The Morgan fingerprint density at radius 3 is 2.65 bits per heavy atom. The summed E-state index contributed by atoms with van der Waals surface area (Å²) < 4.78 is 10.0. The van der Waals surface area contributed by atoms with Gasteiger partial charge < -0.3 is 20.1 Å². The van der Waals surface area contributed by atoms with Crippen LogP contribution in [0.4, 0.5) is 5.82 Å². The third-order valence-corrected chi connectivity index (χ3v) is 3.12. The highest BCUT2D eigenvalue weighted by molar-refractivity contribution is 5.92. The van der Waals surface area contributed by atoms with E-state index in [0.717, 1.165) is 11.3 Å². The molecule has 1 amide bonds. The van der Waals surface area contributed by atoms with Gasteiger partial charge in [-0.05, 0) is 17.7 Å². The number of carbonyl (C=O) groups is 1. The van der Waals surface area contributed by atoms with Crippen LogP contribution in [0.3, 0.4) is 0 Å². The van der Waals surface area contributed by atoms with Crippen molar-refractivity contribution < 1.29 is 14.3 Å². The lowest BCUT2D eigenvalue weighted by Crippen LogP contribution is -2.27. The molecule has 7 nitrogen and oxygen atoms in total.